The van der Waals surface area contributed by atoms with Crippen molar-refractivity contribution in [3.63, 3.8) is 0 Å². The second-order valence-corrected chi connectivity index (χ2v) is 12.7. The van der Waals surface area contributed by atoms with Crippen LogP contribution in [0.15, 0.2) is 48.0 Å². The average molecular weight is 528 g/mol. The standard InChI is InChI=1S/C32H37N3O4/c1-31(2)20-35(18-28(37)27-14-22-5-3-4-6-24(22)17-33-27)30(39)25-8-7-23(13-26(25)31)29(38)34-11-9-32(10-12-34)15-21(16-32)19-36/h3-8,13,27-28,33,37H,9-12,14-18,20H2,1-2H3/t27-,28+/m0/s1. The summed E-state index contributed by atoms with van der Waals surface area (Å²) >= 11 is 0. The molecular weight excluding hydrogens is 490 g/mol. The number of likely N-dealkylation sites (tertiary alicyclic amines) is 1. The highest BCUT2D eigenvalue weighted by Crippen LogP contribution is 2.51. The second-order valence-electron chi connectivity index (χ2n) is 12.7. The van der Waals surface area contributed by atoms with Crippen molar-refractivity contribution in [3.05, 3.63) is 75.9 Å². The van der Waals surface area contributed by atoms with Crippen molar-refractivity contribution in [2.45, 2.75) is 70.1 Å². The Balaban J connectivity index is 1.13. The Kier molecular flexibility index (Phi) is 6.49. The number of nitrogens with one attached hydrogen (secondary N) is 1. The minimum Gasteiger partial charge on any atom is -0.390 e. The van der Waals surface area contributed by atoms with Crippen molar-refractivity contribution in [1.82, 2.24) is 15.1 Å². The lowest BCUT2D eigenvalue weighted by Gasteiger charge is -2.48. The third-order valence-electron chi connectivity index (χ3n) is 9.52. The molecular formula is C32H37N3O4. The number of hydrogen-bond acceptors (Lipinski definition) is 5. The predicted molar refractivity (Wildman–Crippen MR) is 148 cm³/mol. The molecule has 0 unspecified atom stereocenters. The van der Waals surface area contributed by atoms with E-state index in [9.17, 15) is 19.5 Å². The van der Waals surface area contributed by atoms with Gasteiger partial charge in [0.1, 0.15) is 5.94 Å². The van der Waals surface area contributed by atoms with E-state index in [0.717, 1.165) is 43.2 Å². The Morgan fingerprint density at radius 3 is 2.56 bits per heavy atom. The molecule has 2 aromatic rings. The molecule has 7 heteroatoms. The SMILES string of the molecule is CC1(C)CN(C[C@@H](O)[C@@H]2Cc3ccccc3CN2)C(=O)c2ccc(C(=O)N3CCC4(CC3)CC(=C=O)C4)cc21. The van der Waals surface area contributed by atoms with Gasteiger partial charge in [0.25, 0.3) is 11.8 Å². The van der Waals surface area contributed by atoms with Crippen molar-refractivity contribution >= 4 is 17.8 Å². The third kappa shape index (κ3) is 4.73. The number of β-amino-alcohol motifs (C(OH)–C–C–N with tert-alkyl or cyclic N) is 1. The molecule has 7 nitrogen and oxygen atoms in total. The molecule has 1 saturated heterocycles. The summed E-state index contributed by atoms with van der Waals surface area (Å²) < 4.78 is 0. The van der Waals surface area contributed by atoms with Crippen molar-refractivity contribution in [2.75, 3.05) is 26.2 Å². The van der Waals surface area contributed by atoms with E-state index in [4.69, 9.17) is 0 Å². The molecule has 1 spiro atoms. The number of aliphatic hydroxyl groups is 1. The maximum Gasteiger partial charge on any atom is 0.254 e. The van der Waals surface area contributed by atoms with E-state index in [1.165, 1.54) is 11.1 Å². The molecule has 3 heterocycles. The van der Waals surface area contributed by atoms with Gasteiger partial charge in [-0.15, -0.1) is 0 Å². The minimum absolute atomic E-state index is 0.00267. The van der Waals surface area contributed by atoms with Crippen LogP contribution in [0.4, 0.5) is 0 Å². The zero-order valence-corrected chi connectivity index (χ0v) is 22.8. The first-order valence-corrected chi connectivity index (χ1v) is 14.1. The van der Waals surface area contributed by atoms with Crippen LogP contribution in [0, 0.1) is 5.41 Å². The smallest absolute Gasteiger partial charge is 0.254 e. The van der Waals surface area contributed by atoms with Crippen molar-refractivity contribution < 1.29 is 19.5 Å². The van der Waals surface area contributed by atoms with E-state index in [1.54, 1.807) is 17.0 Å². The van der Waals surface area contributed by atoms with Gasteiger partial charge >= 0.3 is 0 Å². The van der Waals surface area contributed by atoms with Gasteiger partial charge in [0, 0.05) is 60.9 Å². The summed E-state index contributed by atoms with van der Waals surface area (Å²) in [5.74, 6) is 1.95. The van der Waals surface area contributed by atoms with Crippen LogP contribution in [-0.2, 0) is 23.2 Å². The largest absolute Gasteiger partial charge is 0.390 e. The number of hydrogen-bond donors (Lipinski definition) is 2. The lowest BCUT2D eigenvalue weighted by Crippen LogP contribution is -2.54. The summed E-state index contributed by atoms with van der Waals surface area (Å²) in [7, 11) is 0. The third-order valence-corrected chi connectivity index (χ3v) is 9.52. The van der Waals surface area contributed by atoms with Gasteiger partial charge in [0.15, 0.2) is 0 Å². The maximum atomic E-state index is 13.5. The first kappa shape index (κ1) is 26.0. The van der Waals surface area contributed by atoms with Crippen LogP contribution in [0.3, 0.4) is 0 Å². The molecule has 1 aliphatic carbocycles. The lowest BCUT2D eigenvalue weighted by molar-refractivity contribution is 0.0441. The Labute approximate surface area is 229 Å². The number of piperidine rings is 1. The Morgan fingerprint density at radius 1 is 1.13 bits per heavy atom. The van der Waals surface area contributed by atoms with Crippen molar-refractivity contribution in [2.24, 2.45) is 5.41 Å². The molecule has 204 valence electrons. The molecule has 2 aromatic carbocycles. The van der Waals surface area contributed by atoms with Gasteiger partial charge in [0.2, 0.25) is 0 Å². The topological polar surface area (TPSA) is 89.9 Å². The molecule has 2 atom stereocenters. The van der Waals surface area contributed by atoms with Crippen molar-refractivity contribution in [3.8, 4) is 0 Å². The van der Waals surface area contributed by atoms with E-state index in [-0.39, 0.29) is 35.2 Å². The highest BCUT2D eigenvalue weighted by Gasteiger charge is 2.44. The molecule has 6 rings (SSSR count). The number of fused-ring (bicyclic) bond motifs is 2. The van der Waals surface area contributed by atoms with E-state index in [2.05, 4.69) is 31.3 Å². The molecule has 0 radical (unpaired) electrons. The molecule has 2 N–H and O–H groups in total. The van der Waals surface area contributed by atoms with Crippen LogP contribution in [0.25, 0.3) is 0 Å². The molecule has 2 fully saturated rings. The summed E-state index contributed by atoms with van der Waals surface area (Å²) in [4.78, 5) is 41.5. The summed E-state index contributed by atoms with van der Waals surface area (Å²) in [5, 5.41) is 14.5. The highest BCUT2D eigenvalue weighted by atomic mass is 16.3. The van der Waals surface area contributed by atoms with Crippen LogP contribution < -0.4 is 5.32 Å². The fraction of sp³-hybridized carbons (Fsp3) is 0.500. The average Bonchev–Trinajstić information content (AvgIpc) is 2.93. The zero-order valence-electron chi connectivity index (χ0n) is 22.8. The Morgan fingerprint density at radius 2 is 1.85 bits per heavy atom. The van der Waals surface area contributed by atoms with E-state index >= 15 is 0 Å². The fourth-order valence-electron chi connectivity index (χ4n) is 7.13. The van der Waals surface area contributed by atoms with Crippen LogP contribution >= 0.6 is 0 Å². The first-order valence-electron chi connectivity index (χ1n) is 14.1. The monoisotopic (exact) mass is 527 g/mol. The minimum atomic E-state index is -0.684. The van der Waals surface area contributed by atoms with Crippen molar-refractivity contribution in [1.29, 1.82) is 0 Å². The number of amides is 2. The maximum absolute atomic E-state index is 13.5. The molecule has 0 bridgehead atoms. The highest BCUT2D eigenvalue weighted by molar-refractivity contribution is 6.00. The van der Waals surface area contributed by atoms with Gasteiger partial charge in [-0.3, -0.25) is 9.59 Å². The van der Waals surface area contributed by atoms with Gasteiger partial charge in [0.05, 0.1) is 6.10 Å². The number of nitrogens with zero attached hydrogens (tertiary/aromatic N) is 2. The lowest BCUT2D eigenvalue weighted by atomic mass is 9.61. The van der Waals surface area contributed by atoms with Gasteiger partial charge in [-0.25, -0.2) is 4.79 Å². The van der Waals surface area contributed by atoms with Crippen LogP contribution in [-0.4, -0.2) is 71.0 Å². The molecule has 4 aliphatic rings. The zero-order chi connectivity index (χ0) is 27.4. The van der Waals surface area contributed by atoms with Gasteiger partial charge in [-0.1, -0.05) is 38.1 Å². The van der Waals surface area contributed by atoms with E-state index < -0.39 is 6.10 Å². The first-order chi connectivity index (χ1) is 18.7. The molecule has 1 saturated carbocycles. The van der Waals surface area contributed by atoms with Gasteiger partial charge < -0.3 is 20.2 Å². The summed E-state index contributed by atoms with van der Waals surface area (Å²) in [6, 6.07) is 13.6. The fourth-order valence-corrected chi connectivity index (χ4v) is 7.13. The number of carbonyl (C=O) groups is 2. The van der Waals surface area contributed by atoms with Gasteiger partial charge in [-0.2, -0.15) is 0 Å². The van der Waals surface area contributed by atoms with E-state index in [1.807, 2.05) is 29.0 Å². The number of benzene rings is 2. The van der Waals surface area contributed by atoms with E-state index in [0.29, 0.717) is 37.3 Å². The summed E-state index contributed by atoms with van der Waals surface area (Å²) in [6.45, 7) is 7.03. The molecule has 3 aliphatic heterocycles. The number of rotatable bonds is 4. The number of aliphatic hydroxyl groups excluding tert-OH is 1. The van der Waals surface area contributed by atoms with Gasteiger partial charge in [-0.05, 0) is 72.4 Å². The Hall–Kier alpha value is -3.25. The quantitative estimate of drug-likeness (QED) is 0.596. The normalized spacial score (nSPS) is 23.9. The summed E-state index contributed by atoms with van der Waals surface area (Å²) in [6.07, 6.45) is 3.52. The molecule has 0 aromatic heterocycles. The van der Waals surface area contributed by atoms with Crippen LogP contribution in [0.5, 0.6) is 0 Å². The molecule has 39 heavy (non-hydrogen) atoms. The Bertz CT molecular complexity index is 1360. The summed E-state index contributed by atoms with van der Waals surface area (Å²) in [5.41, 5.74) is 5.31. The number of carbonyl (C=O) groups excluding carboxylic acids is 3. The predicted octanol–water partition coefficient (Wildman–Crippen LogP) is 3.27. The molecule has 2 amide bonds. The van der Waals surface area contributed by atoms with Crippen LogP contribution in [0.2, 0.25) is 0 Å². The second kappa shape index (κ2) is 9.74. The number of allylic oxidation sites excluding steroid dienone is 1. The van der Waals surface area contributed by atoms with Crippen LogP contribution in [0.1, 0.15) is 76.9 Å².